The molecule has 0 aliphatic heterocycles. The van der Waals surface area contributed by atoms with Crippen LogP contribution in [0, 0.1) is 0 Å². The molecule has 6 heteroatoms. The van der Waals surface area contributed by atoms with Crippen molar-refractivity contribution in [3.05, 3.63) is 29.6 Å². The number of alkyl halides is 3. The average molecular weight is 233 g/mol. The largest absolute Gasteiger partial charge is 0.456 e. The number of ether oxygens (including phenoxy) is 1. The number of esters is 1. The highest BCUT2D eigenvalue weighted by Crippen LogP contribution is 2.28. The van der Waals surface area contributed by atoms with Crippen LogP contribution >= 0.6 is 0 Å². The third-order valence-corrected chi connectivity index (χ3v) is 1.82. The van der Waals surface area contributed by atoms with Gasteiger partial charge in [-0.3, -0.25) is 4.79 Å². The molecule has 1 aromatic heterocycles. The molecular formula is C10H10F3NO2. The molecule has 88 valence electrons. The molecule has 0 fully saturated rings. The van der Waals surface area contributed by atoms with Gasteiger partial charge >= 0.3 is 12.1 Å². The van der Waals surface area contributed by atoms with E-state index < -0.39 is 23.9 Å². The van der Waals surface area contributed by atoms with Gasteiger partial charge in [-0.05, 0) is 19.1 Å². The number of nitrogens with zero attached hydrogens (tertiary/aromatic N) is 1. The molecule has 0 saturated carbocycles. The van der Waals surface area contributed by atoms with Gasteiger partial charge in [-0.25, -0.2) is 4.98 Å². The molecule has 0 N–H and O–H groups in total. The minimum atomic E-state index is -4.49. The second-order valence-electron chi connectivity index (χ2n) is 3.20. The van der Waals surface area contributed by atoms with Gasteiger partial charge < -0.3 is 4.74 Å². The van der Waals surface area contributed by atoms with Gasteiger partial charge in [0.2, 0.25) is 0 Å². The van der Waals surface area contributed by atoms with Crippen molar-refractivity contribution >= 4 is 5.97 Å². The van der Waals surface area contributed by atoms with Crippen molar-refractivity contribution in [2.24, 2.45) is 0 Å². The van der Waals surface area contributed by atoms with Crippen molar-refractivity contribution < 1.29 is 22.7 Å². The van der Waals surface area contributed by atoms with Gasteiger partial charge in [0.05, 0.1) is 5.69 Å². The summed E-state index contributed by atoms with van der Waals surface area (Å²) in [6, 6.07) is 3.47. The summed E-state index contributed by atoms with van der Waals surface area (Å²) in [5.41, 5.74) is -0.922. The molecule has 1 atom stereocenters. The van der Waals surface area contributed by atoms with Crippen LogP contribution in [0.1, 0.15) is 31.3 Å². The summed E-state index contributed by atoms with van der Waals surface area (Å²) >= 11 is 0. The predicted octanol–water partition coefficient (Wildman–Crippen LogP) is 2.72. The lowest BCUT2D eigenvalue weighted by Crippen LogP contribution is -2.12. The topological polar surface area (TPSA) is 39.2 Å². The normalized spacial score (nSPS) is 13.3. The van der Waals surface area contributed by atoms with Gasteiger partial charge in [0.1, 0.15) is 11.8 Å². The van der Waals surface area contributed by atoms with Crippen LogP contribution in [-0.4, -0.2) is 11.0 Å². The number of hydrogen-bond donors (Lipinski definition) is 0. The number of pyridine rings is 1. The monoisotopic (exact) mass is 233 g/mol. The first-order valence-electron chi connectivity index (χ1n) is 4.52. The fourth-order valence-corrected chi connectivity index (χ4v) is 1.15. The average Bonchev–Trinajstić information content (AvgIpc) is 2.15. The molecule has 0 aliphatic rings. The van der Waals surface area contributed by atoms with Crippen LogP contribution in [0.5, 0.6) is 0 Å². The van der Waals surface area contributed by atoms with Crippen LogP contribution < -0.4 is 0 Å². The fraction of sp³-hybridized carbons (Fsp3) is 0.400. The third-order valence-electron chi connectivity index (χ3n) is 1.82. The van der Waals surface area contributed by atoms with Crippen LogP contribution in [0.4, 0.5) is 13.2 Å². The van der Waals surface area contributed by atoms with Crippen LogP contribution in [0.25, 0.3) is 0 Å². The Balaban J connectivity index is 2.94. The summed E-state index contributed by atoms with van der Waals surface area (Å²) < 4.78 is 41.7. The number of hydrogen-bond acceptors (Lipinski definition) is 3. The highest BCUT2D eigenvalue weighted by molar-refractivity contribution is 5.66. The van der Waals surface area contributed by atoms with Gasteiger partial charge in [-0.2, -0.15) is 13.2 Å². The van der Waals surface area contributed by atoms with E-state index in [9.17, 15) is 18.0 Å². The molecule has 3 nitrogen and oxygen atoms in total. The van der Waals surface area contributed by atoms with E-state index in [2.05, 4.69) is 4.98 Å². The Hall–Kier alpha value is -1.59. The first-order valence-corrected chi connectivity index (χ1v) is 4.52. The van der Waals surface area contributed by atoms with E-state index in [1.165, 1.54) is 26.0 Å². The van der Waals surface area contributed by atoms with E-state index >= 15 is 0 Å². The first kappa shape index (κ1) is 12.5. The first-order chi connectivity index (χ1) is 7.30. The predicted molar refractivity (Wildman–Crippen MR) is 49.4 cm³/mol. The standard InChI is InChI=1S/C10H10F3NO2/c1-6(16-7(2)15)8-4-3-5-9(14-8)10(11,12)13/h3-6H,1-2H3. The van der Waals surface area contributed by atoms with Crippen molar-refractivity contribution in [1.29, 1.82) is 0 Å². The van der Waals surface area contributed by atoms with E-state index in [1.807, 2.05) is 0 Å². The van der Waals surface area contributed by atoms with Gasteiger partial charge in [0.15, 0.2) is 0 Å². The van der Waals surface area contributed by atoms with Gasteiger partial charge in [-0.15, -0.1) is 0 Å². The second kappa shape index (κ2) is 4.51. The van der Waals surface area contributed by atoms with Crippen molar-refractivity contribution in [3.63, 3.8) is 0 Å². The maximum Gasteiger partial charge on any atom is 0.433 e. The van der Waals surface area contributed by atoms with Crippen LogP contribution in [0.15, 0.2) is 18.2 Å². The summed E-state index contributed by atoms with van der Waals surface area (Å²) in [4.78, 5) is 14.0. The minimum absolute atomic E-state index is 0.0741. The molecule has 1 unspecified atom stereocenters. The molecule has 1 heterocycles. The lowest BCUT2D eigenvalue weighted by atomic mass is 10.2. The zero-order valence-electron chi connectivity index (χ0n) is 8.71. The van der Waals surface area contributed by atoms with Crippen LogP contribution in [-0.2, 0) is 15.7 Å². The molecule has 0 spiro atoms. The van der Waals surface area contributed by atoms with E-state index in [-0.39, 0.29) is 5.69 Å². The van der Waals surface area contributed by atoms with Crippen molar-refractivity contribution in [2.45, 2.75) is 26.1 Å². The van der Waals surface area contributed by atoms with Gasteiger partial charge in [0.25, 0.3) is 0 Å². The molecule has 0 radical (unpaired) electrons. The van der Waals surface area contributed by atoms with Gasteiger partial charge in [0, 0.05) is 6.92 Å². The zero-order chi connectivity index (χ0) is 12.3. The van der Waals surface area contributed by atoms with E-state index in [0.717, 1.165) is 6.07 Å². The highest BCUT2D eigenvalue weighted by Gasteiger charge is 2.32. The fourth-order valence-electron chi connectivity index (χ4n) is 1.15. The Morgan fingerprint density at radius 2 is 2.06 bits per heavy atom. The summed E-state index contributed by atoms with van der Waals surface area (Å²) in [6.07, 6.45) is -5.29. The number of carbonyl (C=O) groups is 1. The summed E-state index contributed by atoms with van der Waals surface area (Å²) in [5.74, 6) is -0.563. The smallest absolute Gasteiger partial charge is 0.433 e. The lowest BCUT2D eigenvalue weighted by Gasteiger charge is -2.13. The van der Waals surface area contributed by atoms with Gasteiger partial charge in [-0.1, -0.05) is 6.07 Å². The molecule has 0 bridgehead atoms. The molecule has 0 aromatic carbocycles. The quantitative estimate of drug-likeness (QED) is 0.737. The Kier molecular flexibility index (Phi) is 3.51. The Morgan fingerprint density at radius 1 is 1.44 bits per heavy atom. The maximum absolute atomic E-state index is 12.3. The summed E-state index contributed by atoms with van der Waals surface area (Å²) in [6.45, 7) is 2.65. The number of rotatable bonds is 2. The van der Waals surface area contributed by atoms with Crippen molar-refractivity contribution in [1.82, 2.24) is 4.98 Å². The SMILES string of the molecule is CC(=O)OC(C)c1cccc(C(F)(F)F)n1. The Morgan fingerprint density at radius 3 is 2.56 bits per heavy atom. The summed E-state index contributed by atoms with van der Waals surface area (Å²) in [7, 11) is 0. The van der Waals surface area contributed by atoms with E-state index in [1.54, 1.807) is 0 Å². The molecular weight excluding hydrogens is 223 g/mol. The molecule has 0 saturated heterocycles. The Labute approximate surface area is 90.2 Å². The molecule has 1 aromatic rings. The van der Waals surface area contributed by atoms with Crippen LogP contribution in [0.2, 0.25) is 0 Å². The van der Waals surface area contributed by atoms with Crippen LogP contribution in [0.3, 0.4) is 0 Å². The minimum Gasteiger partial charge on any atom is -0.456 e. The van der Waals surface area contributed by atoms with Crippen molar-refractivity contribution in [2.75, 3.05) is 0 Å². The number of carbonyl (C=O) groups excluding carboxylic acids is 1. The Bertz CT molecular complexity index is 390. The maximum atomic E-state index is 12.3. The molecule has 0 amide bonds. The van der Waals surface area contributed by atoms with E-state index in [0.29, 0.717) is 0 Å². The zero-order valence-corrected chi connectivity index (χ0v) is 8.71. The van der Waals surface area contributed by atoms with E-state index in [4.69, 9.17) is 4.74 Å². The molecule has 16 heavy (non-hydrogen) atoms. The second-order valence-corrected chi connectivity index (χ2v) is 3.20. The third kappa shape index (κ3) is 3.22. The molecule has 0 aliphatic carbocycles. The lowest BCUT2D eigenvalue weighted by molar-refractivity contribution is -0.146. The summed E-state index contributed by atoms with van der Waals surface area (Å²) in [5, 5.41) is 0. The number of aromatic nitrogens is 1. The molecule has 1 rings (SSSR count). The van der Waals surface area contributed by atoms with Crippen molar-refractivity contribution in [3.8, 4) is 0 Å². The number of halogens is 3. The highest BCUT2D eigenvalue weighted by atomic mass is 19.4.